The van der Waals surface area contributed by atoms with E-state index in [4.69, 9.17) is 18.6 Å². The van der Waals surface area contributed by atoms with Crippen molar-refractivity contribution in [3.8, 4) is 0 Å². The molecule has 1 atom stereocenters. The average Bonchev–Trinajstić information content (AvgIpc) is 2.86. The largest absolute Gasteiger partial charge is 0.457 e. The molecule has 0 amide bonds. The van der Waals surface area contributed by atoms with E-state index in [1.54, 1.807) is 19.2 Å². The first-order valence-corrected chi connectivity index (χ1v) is 6.16. The Morgan fingerprint density at radius 2 is 2.33 bits per heavy atom. The first kappa shape index (κ1) is 13.1. The topological polar surface area (TPSA) is 57.9 Å². The Morgan fingerprint density at radius 1 is 1.44 bits per heavy atom. The summed E-state index contributed by atoms with van der Waals surface area (Å²) in [5.74, 6) is 0.364. The number of furan rings is 1. The molecule has 0 radical (unpaired) electrons. The molecule has 0 N–H and O–H groups in total. The summed E-state index contributed by atoms with van der Waals surface area (Å²) >= 11 is 0. The van der Waals surface area contributed by atoms with E-state index >= 15 is 0 Å². The molecule has 1 fully saturated rings. The third-order valence-corrected chi connectivity index (χ3v) is 2.82. The van der Waals surface area contributed by atoms with Crippen LogP contribution in [0.2, 0.25) is 0 Å². The molecule has 2 rings (SSSR count). The number of methoxy groups -OCH3 is 1. The van der Waals surface area contributed by atoms with Crippen molar-refractivity contribution in [3.05, 3.63) is 23.7 Å². The van der Waals surface area contributed by atoms with Crippen LogP contribution in [0.25, 0.3) is 0 Å². The van der Waals surface area contributed by atoms with E-state index in [9.17, 15) is 4.79 Å². The van der Waals surface area contributed by atoms with Gasteiger partial charge in [0.15, 0.2) is 0 Å². The molecule has 1 aromatic heterocycles. The maximum Gasteiger partial charge on any atom is 0.374 e. The molecule has 5 heteroatoms. The molecule has 1 saturated heterocycles. The van der Waals surface area contributed by atoms with Crippen LogP contribution in [0.15, 0.2) is 16.5 Å². The van der Waals surface area contributed by atoms with Crippen molar-refractivity contribution in [2.75, 3.05) is 20.3 Å². The monoisotopic (exact) mass is 254 g/mol. The summed E-state index contributed by atoms with van der Waals surface area (Å²) in [7, 11) is 1.57. The molecule has 1 aliphatic heterocycles. The molecule has 100 valence electrons. The van der Waals surface area contributed by atoms with Gasteiger partial charge in [0.2, 0.25) is 5.76 Å². The Balaban J connectivity index is 1.79. The fourth-order valence-electron chi connectivity index (χ4n) is 1.89. The van der Waals surface area contributed by atoms with Gasteiger partial charge in [-0.1, -0.05) is 0 Å². The van der Waals surface area contributed by atoms with E-state index < -0.39 is 5.97 Å². The second-order valence-corrected chi connectivity index (χ2v) is 4.29. The van der Waals surface area contributed by atoms with Crippen LogP contribution in [0.4, 0.5) is 0 Å². The van der Waals surface area contributed by atoms with E-state index in [2.05, 4.69) is 0 Å². The minimum absolute atomic E-state index is 0.0242. The van der Waals surface area contributed by atoms with Gasteiger partial charge in [0.05, 0.1) is 6.10 Å². The van der Waals surface area contributed by atoms with Crippen molar-refractivity contribution in [1.82, 2.24) is 0 Å². The van der Waals surface area contributed by atoms with E-state index in [0.29, 0.717) is 19.0 Å². The van der Waals surface area contributed by atoms with Gasteiger partial charge in [-0.2, -0.15) is 0 Å². The molecule has 0 aromatic carbocycles. The van der Waals surface area contributed by atoms with Crippen molar-refractivity contribution < 1.29 is 23.4 Å². The predicted molar refractivity (Wildman–Crippen MR) is 63.3 cm³/mol. The van der Waals surface area contributed by atoms with Crippen molar-refractivity contribution in [3.63, 3.8) is 0 Å². The lowest BCUT2D eigenvalue weighted by Crippen LogP contribution is -2.25. The summed E-state index contributed by atoms with van der Waals surface area (Å²) < 4.78 is 20.8. The summed E-state index contributed by atoms with van der Waals surface area (Å²) in [6, 6.07) is 3.30. The number of carbonyl (C=O) groups excluding carboxylic acids is 1. The lowest BCUT2D eigenvalue weighted by atomic mass is 10.1. The summed E-state index contributed by atoms with van der Waals surface area (Å²) in [6.07, 6.45) is 3.18. The van der Waals surface area contributed by atoms with Crippen LogP contribution in [0, 0.1) is 0 Å². The van der Waals surface area contributed by atoms with Gasteiger partial charge in [0.25, 0.3) is 0 Å². The summed E-state index contributed by atoms with van der Waals surface area (Å²) in [5, 5.41) is 0. The molecule has 0 saturated carbocycles. The van der Waals surface area contributed by atoms with E-state index in [1.165, 1.54) is 0 Å². The number of esters is 1. The molecular weight excluding hydrogens is 236 g/mol. The first-order chi connectivity index (χ1) is 8.79. The minimum atomic E-state index is -0.452. The van der Waals surface area contributed by atoms with E-state index in [1.807, 2.05) is 0 Å². The summed E-state index contributed by atoms with van der Waals surface area (Å²) in [5.41, 5.74) is 0. The summed E-state index contributed by atoms with van der Waals surface area (Å²) in [4.78, 5) is 11.7. The first-order valence-electron chi connectivity index (χ1n) is 6.16. The van der Waals surface area contributed by atoms with Gasteiger partial charge >= 0.3 is 5.97 Å². The fourth-order valence-corrected chi connectivity index (χ4v) is 1.89. The highest BCUT2D eigenvalue weighted by molar-refractivity contribution is 5.86. The Hall–Kier alpha value is -1.33. The lowest BCUT2D eigenvalue weighted by Gasteiger charge is -2.21. The number of hydrogen-bond acceptors (Lipinski definition) is 5. The fraction of sp³-hybridized carbons (Fsp3) is 0.615. The van der Waals surface area contributed by atoms with Crippen molar-refractivity contribution >= 4 is 5.97 Å². The molecule has 0 aliphatic carbocycles. The van der Waals surface area contributed by atoms with Crippen LogP contribution in [-0.4, -0.2) is 32.4 Å². The molecule has 0 bridgehead atoms. The zero-order chi connectivity index (χ0) is 12.8. The number of hydrogen-bond donors (Lipinski definition) is 0. The quantitative estimate of drug-likeness (QED) is 0.753. The SMILES string of the molecule is COCc1ccc(C(=O)OCC2CCCCO2)o1. The van der Waals surface area contributed by atoms with E-state index in [-0.39, 0.29) is 11.9 Å². The molecular formula is C13H18O5. The Labute approximate surface area is 106 Å². The molecule has 18 heavy (non-hydrogen) atoms. The summed E-state index contributed by atoms with van der Waals surface area (Å²) in [6.45, 7) is 1.39. The van der Waals surface area contributed by atoms with Gasteiger partial charge in [-0.25, -0.2) is 4.79 Å². The Bertz CT molecular complexity index is 378. The number of rotatable bonds is 5. The highest BCUT2D eigenvalue weighted by Crippen LogP contribution is 2.14. The Morgan fingerprint density at radius 3 is 3.06 bits per heavy atom. The van der Waals surface area contributed by atoms with Gasteiger partial charge in [-0.3, -0.25) is 0 Å². The number of carbonyl (C=O) groups is 1. The third kappa shape index (κ3) is 3.58. The van der Waals surface area contributed by atoms with Gasteiger partial charge in [0.1, 0.15) is 19.0 Å². The highest BCUT2D eigenvalue weighted by Gasteiger charge is 2.18. The van der Waals surface area contributed by atoms with Gasteiger partial charge in [0, 0.05) is 13.7 Å². The van der Waals surface area contributed by atoms with Crippen LogP contribution >= 0.6 is 0 Å². The second-order valence-electron chi connectivity index (χ2n) is 4.29. The van der Waals surface area contributed by atoms with Crippen molar-refractivity contribution in [1.29, 1.82) is 0 Å². The van der Waals surface area contributed by atoms with Crippen LogP contribution in [-0.2, 0) is 20.8 Å². The maximum absolute atomic E-state index is 11.7. The van der Waals surface area contributed by atoms with E-state index in [0.717, 1.165) is 25.9 Å². The molecule has 1 unspecified atom stereocenters. The van der Waals surface area contributed by atoms with Gasteiger partial charge < -0.3 is 18.6 Å². The number of ether oxygens (including phenoxy) is 3. The van der Waals surface area contributed by atoms with Gasteiger partial charge in [-0.15, -0.1) is 0 Å². The molecule has 1 aromatic rings. The predicted octanol–water partition coefficient (Wildman–Crippen LogP) is 2.15. The standard InChI is InChI=1S/C13H18O5/c1-15-8-11-5-6-12(18-11)13(14)17-9-10-4-2-3-7-16-10/h5-6,10H,2-4,7-9H2,1H3. The normalized spacial score (nSPS) is 19.7. The lowest BCUT2D eigenvalue weighted by molar-refractivity contribution is -0.0312. The Kier molecular flexibility index (Phi) is 4.78. The molecule has 5 nitrogen and oxygen atoms in total. The van der Waals surface area contributed by atoms with Crippen LogP contribution in [0.1, 0.15) is 35.6 Å². The minimum Gasteiger partial charge on any atom is -0.457 e. The van der Waals surface area contributed by atoms with Crippen LogP contribution in [0.5, 0.6) is 0 Å². The zero-order valence-electron chi connectivity index (χ0n) is 10.5. The van der Waals surface area contributed by atoms with Crippen LogP contribution in [0.3, 0.4) is 0 Å². The smallest absolute Gasteiger partial charge is 0.374 e. The maximum atomic E-state index is 11.7. The highest BCUT2D eigenvalue weighted by atomic mass is 16.6. The molecule has 1 aliphatic rings. The second kappa shape index (κ2) is 6.56. The van der Waals surface area contributed by atoms with Crippen molar-refractivity contribution in [2.24, 2.45) is 0 Å². The third-order valence-electron chi connectivity index (χ3n) is 2.82. The average molecular weight is 254 g/mol. The molecule has 2 heterocycles. The molecule has 0 spiro atoms. The van der Waals surface area contributed by atoms with Crippen molar-refractivity contribution in [2.45, 2.75) is 32.0 Å². The van der Waals surface area contributed by atoms with Crippen LogP contribution < -0.4 is 0 Å². The zero-order valence-corrected chi connectivity index (χ0v) is 10.5. The van der Waals surface area contributed by atoms with Gasteiger partial charge in [-0.05, 0) is 31.4 Å².